The molecule has 0 atom stereocenters. The van der Waals surface area contributed by atoms with Crippen LogP contribution in [0.2, 0.25) is 0 Å². The van der Waals surface area contributed by atoms with E-state index in [4.69, 9.17) is 4.74 Å². The molecule has 0 fully saturated rings. The lowest BCUT2D eigenvalue weighted by Gasteiger charge is -2.27. The van der Waals surface area contributed by atoms with Crippen molar-refractivity contribution in [2.75, 3.05) is 0 Å². The molecule has 2 heteroatoms. The first-order valence-corrected chi connectivity index (χ1v) is 8.99. The zero-order valence-corrected chi connectivity index (χ0v) is 16.5. The van der Waals surface area contributed by atoms with Gasteiger partial charge in [-0.1, -0.05) is 69.6 Å². The molecule has 1 nitrogen and oxygen atoms in total. The first kappa shape index (κ1) is 16.6. The molecule has 0 aliphatic carbocycles. The van der Waals surface area contributed by atoms with Gasteiger partial charge < -0.3 is 4.74 Å². The Morgan fingerprint density at radius 1 is 0.826 bits per heavy atom. The van der Waals surface area contributed by atoms with Crippen molar-refractivity contribution < 1.29 is 4.74 Å². The van der Waals surface area contributed by atoms with E-state index in [2.05, 4.69) is 87.8 Å². The highest BCUT2D eigenvalue weighted by atomic mass is 79.9. The van der Waals surface area contributed by atoms with E-state index in [9.17, 15) is 0 Å². The Kier molecular flexibility index (Phi) is 3.87. The van der Waals surface area contributed by atoms with Crippen LogP contribution in [0.1, 0.15) is 63.8 Å². The molecule has 3 rings (SSSR count). The van der Waals surface area contributed by atoms with Crippen LogP contribution in [0.15, 0.2) is 34.8 Å². The fraction of sp³-hybridized carbons (Fsp3) is 0.429. The van der Waals surface area contributed by atoms with E-state index in [-0.39, 0.29) is 10.8 Å². The van der Waals surface area contributed by atoms with Crippen molar-refractivity contribution in [3.8, 4) is 11.5 Å². The minimum Gasteiger partial charge on any atom is -0.457 e. The predicted octanol–water partition coefficient (Wildman–Crippen LogP) is 6.74. The van der Waals surface area contributed by atoms with E-state index >= 15 is 0 Å². The summed E-state index contributed by atoms with van der Waals surface area (Å²) in [6.07, 6.45) is 0.917. The van der Waals surface area contributed by atoms with E-state index in [1.807, 2.05) is 0 Å². The van der Waals surface area contributed by atoms with Gasteiger partial charge in [0.2, 0.25) is 0 Å². The van der Waals surface area contributed by atoms with Crippen LogP contribution < -0.4 is 4.74 Å². The second-order valence-corrected chi connectivity index (χ2v) is 9.39. The van der Waals surface area contributed by atoms with Crippen molar-refractivity contribution in [1.29, 1.82) is 0 Å². The highest BCUT2D eigenvalue weighted by Gasteiger charge is 2.25. The van der Waals surface area contributed by atoms with Crippen LogP contribution in [0.3, 0.4) is 0 Å². The Morgan fingerprint density at radius 3 is 2.04 bits per heavy atom. The molecule has 23 heavy (non-hydrogen) atoms. The molecular formula is C21H25BrO. The number of fused-ring (bicyclic) bond motifs is 2. The Balaban J connectivity index is 2.06. The van der Waals surface area contributed by atoms with Crippen molar-refractivity contribution in [1.82, 2.24) is 0 Å². The Morgan fingerprint density at radius 2 is 1.43 bits per heavy atom. The van der Waals surface area contributed by atoms with Crippen LogP contribution in [0.4, 0.5) is 0 Å². The fourth-order valence-electron chi connectivity index (χ4n) is 2.88. The number of hydrogen-bond acceptors (Lipinski definition) is 1. The lowest BCUT2D eigenvalue weighted by atomic mass is 9.84. The zero-order valence-electron chi connectivity index (χ0n) is 14.9. The molecule has 1 aliphatic rings. The molecule has 0 spiro atoms. The monoisotopic (exact) mass is 372 g/mol. The zero-order chi connectivity index (χ0) is 17.0. The molecule has 0 saturated heterocycles. The van der Waals surface area contributed by atoms with E-state index in [1.165, 1.54) is 22.3 Å². The summed E-state index contributed by atoms with van der Waals surface area (Å²) in [5.74, 6) is 1.99. The summed E-state index contributed by atoms with van der Waals surface area (Å²) in [7, 11) is 0. The number of hydrogen-bond donors (Lipinski definition) is 0. The van der Waals surface area contributed by atoms with Crippen molar-refractivity contribution in [2.24, 2.45) is 0 Å². The summed E-state index contributed by atoms with van der Waals surface area (Å²) >= 11 is 3.74. The maximum Gasteiger partial charge on any atom is 0.132 e. The summed E-state index contributed by atoms with van der Waals surface area (Å²) < 4.78 is 7.44. The quantitative estimate of drug-likeness (QED) is 0.424. The van der Waals surface area contributed by atoms with Crippen molar-refractivity contribution in [3.05, 3.63) is 57.1 Å². The number of ether oxygens (including phenoxy) is 1. The number of rotatable bonds is 0. The molecule has 122 valence electrons. The summed E-state index contributed by atoms with van der Waals surface area (Å²) in [6.45, 7) is 13.4. The largest absolute Gasteiger partial charge is 0.457 e. The van der Waals surface area contributed by atoms with Crippen molar-refractivity contribution in [3.63, 3.8) is 0 Å². The smallest absolute Gasteiger partial charge is 0.132 e. The summed E-state index contributed by atoms with van der Waals surface area (Å²) in [5, 5.41) is 0. The van der Waals surface area contributed by atoms with Crippen LogP contribution in [0, 0.1) is 0 Å². The minimum atomic E-state index is 0.106. The SMILES string of the molecule is CC(C)(C)c1ccc2c(c1)Oc1cc(C(C)(C)C)cc(Br)c1C2. The van der Waals surface area contributed by atoms with E-state index in [0.29, 0.717) is 0 Å². The highest BCUT2D eigenvalue weighted by molar-refractivity contribution is 9.10. The Bertz CT molecular complexity index is 761. The van der Waals surface area contributed by atoms with Gasteiger partial charge in [0.15, 0.2) is 0 Å². The molecule has 1 heterocycles. The van der Waals surface area contributed by atoms with E-state index in [0.717, 1.165) is 22.4 Å². The van der Waals surface area contributed by atoms with Crippen LogP contribution in [0.25, 0.3) is 0 Å². The van der Waals surface area contributed by atoms with Crippen LogP contribution >= 0.6 is 15.9 Å². The minimum absolute atomic E-state index is 0.106. The molecule has 0 bridgehead atoms. The van der Waals surface area contributed by atoms with E-state index < -0.39 is 0 Å². The van der Waals surface area contributed by atoms with Crippen molar-refractivity contribution in [2.45, 2.75) is 58.8 Å². The van der Waals surface area contributed by atoms with Gasteiger partial charge in [0.05, 0.1) is 0 Å². The average Bonchev–Trinajstić information content (AvgIpc) is 2.43. The van der Waals surface area contributed by atoms with Gasteiger partial charge in [0.1, 0.15) is 11.5 Å². The Labute approximate surface area is 148 Å². The van der Waals surface area contributed by atoms with Crippen LogP contribution in [-0.4, -0.2) is 0 Å². The second kappa shape index (κ2) is 5.37. The van der Waals surface area contributed by atoms with Crippen LogP contribution in [0.5, 0.6) is 11.5 Å². The average molecular weight is 373 g/mol. The molecule has 2 aromatic rings. The van der Waals surface area contributed by atoms with Gasteiger partial charge in [0.25, 0.3) is 0 Å². The number of benzene rings is 2. The summed E-state index contributed by atoms with van der Waals surface area (Å²) in [4.78, 5) is 0. The van der Waals surface area contributed by atoms with Gasteiger partial charge >= 0.3 is 0 Å². The summed E-state index contributed by atoms with van der Waals surface area (Å²) in [6, 6.07) is 11.1. The molecule has 0 saturated carbocycles. The van der Waals surface area contributed by atoms with Gasteiger partial charge in [-0.05, 0) is 45.7 Å². The molecular weight excluding hydrogens is 348 g/mol. The van der Waals surface area contributed by atoms with Gasteiger partial charge in [-0.15, -0.1) is 0 Å². The second-order valence-electron chi connectivity index (χ2n) is 8.54. The third kappa shape index (κ3) is 3.19. The van der Waals surface area contributed by atoms with Crippen LogP contribution in [-0.2, 0) is 17.3 Å². The molecule has 2 aromatic carbocycles. The normalized spacial score (nSPS) is 14.0. The molecule has 1 aliphatic heterocycles. The fourth-order valence-corrected chi connectivity index (χ4v) is 3.46. The lowest BCUT2D eigenvalue weighted by molar-refractivity contribution is 0.452. The van der Waals surface area contributed by atoms with Gasteiger partial charge in [-0.2, -0.15) is 0 Å². The molecule has 0 amide bonds. The summed E-state index contributed by atoms with van der Waals surface area (Å²) in [5.41, 5.74) is 5.34. The molecule has 0 aromatic heterocycles. The maximum absolute atomic E-state index is 6.30. The molecule has 0 radical (unpaired) electrons. The highest BCUT2D eigenvalue weighted by Crippen LogP contribution is 2.43. The molecule has 0 N–H and O–H groups in total. The van der Waals surface area contributed by atoms with Gasteiger partial charge in [0, 0.05) is 16.5 Å². The Hall–Kier alpha value is -1.28. The number of halogens is 1. The van der Waals surface area contributed by atoms with Gasteiger partial charge in [-0.3, -0.25) is 0 Å². The maximum atomic E-state index is 6.30. The topological polar surface area (TPSA) is 9.23 Å². The van der Waals surface area contributed by atoms with E-state index in [1.54, 1.807) is 0 Å². The predicted molar refractivity (Wildman–Crippen MR) is 101 cm³/mol. The third-order valence-corrected chi connectivity index (χ3v) is 5.25. The molecule has 0 unspecified atom stereocenters. The third-order valence-electron chi connectivity index (χ3n) is 4.54. The first-order chi connectivity index (χ1) is 10.6. The standard InChI is InChI=1S/C21H25BrO/c1-20(2,3)14-8-7-13-9-16-17(22)10-15(21(4,5)6)12-19(16)23-18(13)11-14/h7-8,10-12H,9H2,1-6H3. The lowest BCUT2D eigenvalue weighted by Crippen LogP contribution is -2.14. The van der Waals surface area contributed by atoms with Crippen molar-refractivity contribution >= 4 is 15.9 Å². The van der Waals surface area contributed by atoms with Gasteiger partial charge in [-0.25, -0.2) is 0 Å². The first-order valence-electron chi connectivity index (χ1n) is 8.20.